The number of nitriles is 1. The Morgan fingerprint density at radius 1 is 1.24 bits per heavy atom. The number of nitrogens with one attached hydrogen (secondary N) is 1. The van der Waals surface area contributed by atoms with Gasteiger partial charge in [0.1, 0.15) is 16.6 Å². The molecule has 0 bridgehead atoms. The van der Waals surface area contributed by atoms with Gasteiger partial charge in [-0.05, 0) is 44.0 Å². The number of aliphatic hydroxyl groups is 1. The van der Waals surface area contributed by atoms with Crippen molar-refractivity contribution in [3.63, 3.8) is 0 Å². The minimum Gasteiger partial charge on any atom is -0.493 e. The summed E-state index contributed by atoms with van der Waals surface area (Å²) < 4.78 is 28.4. The van der Waals surface area contributed by atoms with Crippen LogP contribution in [0.5, 0.6) is 5.88 Å². The van der Waals surface area contributed by atoms with Crippen molar-refractivity contribution >= 4 is 37.9 Å². The maximum atomic E-state index is 12.7. The molecule has 14 heteroatoms. The van der Waals surface area contributed by atoms with Crippen LogP contribution in [0.2, 0.25) is 0 Å². The first-order valence-electron chi connectivity index (χ1n) is 10.1. The number of hydrogen-bond donors (Lipinski definition) is 3. The van der Waals surface area contributed by atoms with Crippen LogP contribution in [0.4, 0.5) is 16.5 Å². The van der Waals surface area contributed by atoms with Crippen molar-refractivity contribution < 1.29 is 18.6 Å². The Balaban J connectivity index is 1.88. The van der Waals surface area contributed by atoms with E-state index in [9.17, 15) is 23.6 Å². The lowest BCUT2D eigenvalue weighted by Gasteiger charge is -2.12. The monoisotopic (exact) mass is 503 g/mol. The fourth-order valence-electron chi connectivity index (χ4n) is 2.90. The van der Waals surface area contributed by atoms with E-state index in [1.807, 2.05) is 13.0 Å². The second kappa shape index (κ2) is 10.5. The predicted molar refractivity (Wildman–Crippen MR) is 124 cm³/mol. The zero-order valence-corrected chi connectivity index (χ0v) is 19.9. The van der Waals surface area contributed by atoms with Gasteiger partial charge in [-0.2, -0.15) is 10.4 Å². The van der Waals surface area contributed by atoms with Crippen LogP contribution in [-0.2, 0) is 23.0 Å². The second-order valence-electron chi connectivity index (χ2n) is 6.97. The summed E-state index contributed by atoms with van der Waals surface area (Å²) in [6, 6.07) is 7.29. The molecule has 178 valence electrons. The molecular formula is C20H21N7O5S2. The normalized spacial score (nSPS) is 11.6. The molecular weight excluding hydrogens is 482 g/mol. The fraction of sp³-hybridized carbons (Fsp3) is 0.300. The number of aryl methyl sites for hydroxylation is 1. The molecule has 1 aromatic carbocycles. The fourth-order valence-corrected chi connectivity index (χ4v) is 4.81. The van der Waals surface area contributed by atoms with Gasteiger partial charge < -0.3 is 10.2 Å². The van der Waals surface area contributed by atoms with Gasteiger partial charge in [0.2, 0.25) is 11.0 Å². The molecule has 0 saturated heterocycles. The molecule has 0 fully saturated rings. The molecule has 0 saturated carbocycles. The van der Waals surface area contributed by atoms with Gasteiger partial charge in [-0.1, -0.05) is 18.3 Å². The molecule has 0 unspecified atom stereocenters. The molecule has 3 rings (SSSR count). The molecule has 0 aliphatic rings. The highest BCUT2D eigenvalue weighted by Crippen LogP contribution is 2.27. The van der Waals surface area contributed by atoms with Crippen molar-refractivity contribution in [3.8, 4) is 11.9 Å². The van der Waals surface area contributed by atoms with Crippen LogP contribution in [0.15, 0.2) is 44.2 Å². The van der Waals surface area contributed by atoms with Gasteiger partial charge in [0.15, 0.2) is 5.69 Å². The topological polar surface area (TPSA) is 183 Å². The summed E-state index contributed by atoms with van der Waals surface area (Å²) in [5, 5.41) is 45.1. The Labute approximate surface area is 198 Å². The third-order valence-corrected chi connectivity index (χ3v) is 7.18. The number of pyridine rings is 1. The van der Waals surface area contributed by atoms with Crippen molar-refractivity contribution in [1.82, 2.24) is 14.8 Å². The van der Waals surface area contributed by atoms with Gasteiger partial charge in [0.05, 0.1) is 10.6 Å². The molecule has 0 atom stereocenters. The number of rotatable bonds is 9. The first-order valence-corrected chi connectivity index (χ1v) is 12.4. The van der Waals surface area contributed by atoms with Gasteiger partial charge in [-0.25, -0.2) is 8.42 Å². The van der Waals surface area contributed by atoms with E-state index in [0.29, 0.717) is 11.4 Å². The molecule has 3 N–H and O–H groups in total. The van der Waals surface area contributed by atoms with Crippen molar-refractivity contribution in [2.24, 2.45) is 10.2 Å². The quantitative estimate of drug-likeness (QED) is 0.372. The molecule has 0 aliphatic heterocycles. The predicted octanol–water partition coefficient (Wildman–Crippen LogP) is 2.75. The van der Waals surface area contributed by atoms with E-state index in [-0.39, 0.29) is 52.1 Å². The van der Waals surface area contributed by atoms with Crippen LogP contribution < -0.4 is 10.3 Å². The van der Waals surface area contributed by atoms with E-state index in [1.54, 1.807) is 0 Å². The van der Waals surface area contributed by atoms with E-state index in [2.05, 4.69) is 25.1 Å². The summed E-state index contributed by atoms with van der Waals surface area (Å²) in [7, 11) is -3.89. The Morgan fingerprint density at radius 3 is 2.53 bits per heavy atom. The molecule has 2 aromatic heterocycles. The second-order valence-corrected chi connectivity index (χ2v) is 9.72. The van der Waals surface area contributed by atoms with Gasteiger partial charge >= 0.3 is 0 Å². The number of aromatic nitrogens is 3. The number of nitrogens with zero attached hydrogens (tertiary/aromatic N) is 6. The van der Waals surface area contributed by atoms with Gasteiger partial charge in [0.25, 0.3) is 15.6 Å². The van der Waals surface area contributed by atoms with Crippen LogP contribution >= 0.6 is 11.3 Å². The molecule has 34 heavy (non-hydrogen) atoms. The molecule has 0 aliphatic carbocycles. The zero-order chi connectivity index (χ0) is 24.9. The molecule has 0 radical (unpaired) electrons. The lowest BCUT2D eigenvalue weighted by Crippen LogP contribution is -2.22. The van der Waals surface area contributed by atoms with E-state index in [1.165, 1.54) is 31.2 Å². The van der Waals surface area contributed by atoms with Gasteiger partial charge in [-0.3, -0.25) is 14.1 Å². The van der Waals surface area contributed by atoms with Crippen molar-refractivity contribution in [3.05, 3.63) is 50.8 Å². The lowest BCUT2D eigenvalue weighted by molar-refractivity contribution is 0.274. The third kappa shape index (κ3) is 5.28. The van der Waals surface area contributed by atoms with Crippen LogP contribution in [0, 0.1) is 18.3 Å². The number of hydrogen-bond acceptors (Lipinski definition) is 11. The Bertz CT molecular complexity index is 1420. The highest BCUT2D eigenvalue weighted by molar-refractivity contribution is 7.93. The molecule has 0 spiro atoms. The Morgan fingerprint density at radius 2 is 1.94 bits per heavy atom. The van der Waals surface area contributed by atoms with Crippen LogP contribution in [0.25, 0.3) is 0 Å². The van der Waals surface area contributed by atoms with E-state index in [0.717, 1.165) is 15.9 Å². The minimum atomic E-state index is -3.89. The number of aromatic hydroxyl groups is 1. The van der Waals surface area contributed by atoms with Crippen molar-refractivity contribution in [1.29, 1.82) is 5.26 Å². The number of anilines is 1. The maximum absolute atomic E-state index is 12.7. The number of benzene rings is 1. The minimum absolute atomic E-state index is 0.00737. The van der Waals surface area contributed by atoms with Gasteiger partial charge in [0, 0.05) is 18.7 Å². The highest BCUT2D eigenvalue weighted by Gasteiger charge is 2.19. The first-order chi connectivity index (χ1) is 16.2. The molecule has 0 amide bonds. The number of azo groups is 1. The Kier molecular flexibility index (Phi) is 7.72. The van der Waals surface area contributed by atoms with Crippen LogP contribution in [-0.4, -0.2) is 40.0 Å². The first kappa shape index (κ1) is 25.0. The summed E-state index contributed by atoms with van der Waals surface area (Å²) >= 11 is 1.14. The van der Waals surface area contributed by atoms with E-state index in [4.69, 9.17) is 5.11 Å². The molecule has 2 heterocycles. The summed E-state index contributed by atoms with van der Waals surface area (Å²) in [5.74, 6) is -0.499. The standard InChI is InChI=1S/C20H21N7O5S2/c1-3-16-23-25-20(33-16)26-34(31,32)14-7-5-13(6-8-14)22-24-17-12(2)15(11-21)18(29)27(19(17)30)9-4-10-28/h5-8,28-29H,3-4,9-10H2,1-2H3,(H,25,26). The average molecular weight is 504 g/mol. The lowest BCUT2D eigenvalue weighted by atomic mass is 10.1. The number of aliphatic hydroxyl groups excluding tert-OH is 1. The maximum Gasteiger partial charge on any atom is 0.281 e. The zero-order valence-electron chi connectivity index (χ0n) is 18.3. The summed E-state index contributed by atoms with van der Waals surface area (Å²) in [6.07, 6.45) is 0.834. The largest absolute Gasteiger partial charge is 0.493 e. The summed E-state index contributed by atoms with van der Waals surface area (Å²) in [5.41, 5.74) is -0.523. The Hall–Kier alpha value is -3.67. The van der Waals surface area contributed by atoms with Crippen molar-refractivity contribution in [2.45, 2.75) is 38.1 Å². The van der Waals surface area contributed by atoms with Crippen molar-refractivity contribution in [2.75, 3.05) is 11.3 Å². The average Bonchev–Trinajstić information content (AvgIpc) is 3.26. The molecule has 3 aromatic rings. The van der Waals surface area contributed by atoms with E-state index >= 15 is 0 Å². The van der Waals surface area contributed by atoms with Crippen LogP contribution in [0.3, 0.4) is 0 Å². The third-order valence-electron chi connectivity index (χ3n) is 4.71. The smallest absolute Gasteiger partial charge is 0.281 e. The highest BCUT2D eigenvalue weighted by atomic mass is 32.2. The molecule has 12 nitrogen and oxygen atoms in total. The number of sulfonamides is 1. The summed E-state index contributed by atoms with van der Waals surface area (Å²) in [4.78, 5) is 12.7. The summed E-state index contributed by atoms with van der Waals surface area (Å²) in [6.45, 7) is 3.13. The SMILES string of the molecule is CCc1nnc(NS(=O)(=O)c2ccc(N=Nc3c(C)c(C#N)c(O)n(CCCO)c3=O)cc2)s1. The van der Waals surface area contributed by atoms with Crippen LogP contribution in [0.1, 0.15) is 29.5 Å². The van der Waals surface area contributed by atoms with Gasteiger partial charge in [-0.15, -0.1) is 15.3 Å². The van der Waals surface area contributed by atoms with E-state index < -0.39 is 21.5 Å².